The highest BCUT2D eigenvalue weighted by atomic mass is 16.5. The maximum absolute atomic E-state index is 11.0. The molecule has 0 aliphatic carbocycles. The molecule has 0 heterocycles. The fraction of sp³-hybridized carbons (Fsp3) is 0.545. The smallest absolute Gasteiger partial charge is 0.333 e. The highest BCUT2D eigenvalue weighted by Gasteiger charge is 2.09. The number of carbonyl (C=O) groups excluding carboxylic acids is 2. The van der Waals surface area contributed by atoms with Gasteiger partial charge in [-0.15, -0.1) is 0 Å². The summed E-state index contributed by atoms with van der Waals surface area (Å²) < 4.78 is 4.92. The normalized spacial score (nSPS) is 11.3. The van der Waals surface area contributed by atoms with Crippen LogP contribution in [0, 0.1) is 5.92 Å². The molecule has 1 atom stereocenters. The predicted octanol–water partition coefficient (Wildman–Crippen LogP) is 1.91. The molecule has 0 saturated carbocycles. The van der Waals surface area contributed by atoms with E-state index < -0.39 is 5.97 Å². The number of hydrogen-bond donors (Lipinski definition) is 0. The molecule has 3 heteroatoms. The van der Waals surface area contributed by atoms with Gasteiger partial charge in [-0.25, -0.2) is 9.59 Å². The predicted molar refractivity (Wildman–Crippen MR) is 54.4 cm³/mol. The van der Waals surface area contributed by atoms with E-state index in [0.717, 1.165) is 12.8 Å². The lowest BCUT2D eigenvalue weighted by Gasteiger charge is -2.10. The Labute approximate surface area is 84.4 Å². The van der Waals surface area contributed by atoms with Crippen LogP contribution in [-0.2, 0) is 14.3 Å². The van der Waals surface area contributed by atoms with Crippen LogP contribution in [-0.4, -0.2) is 18.5 Å². The molecule has 0 aromatic rings. The maximum atomic E-state index is 11.0. The fourth-order valence-corrected chi connectivity index (χ4v) is 0.988. The summed E-state index contributed by atoms with van der Waals surface area (Å²) in [4.78, 5) is 21.2. The van der Waals surface area contributed by atoms with Crippen molar-refractivity contribution in [3.05, 3.63) is 18.2 Å². The van der Waals surface area contributed by atoms with Crippen molar-refractivity contribution in [2.45, 2.75) is 26.7 Å². The summed E-state index contributed by atoms with van der Waals surface area (Å²) in [6, 6.07) is 0. The van der Waals surface area contributed by atoms with Crippen LogP contribution in [0.25, 0.3) is 0 Å². The molecule has 1 unspecified atom stereocenters. The van der Waals surface area contributed by atoms with Crippen molar-refractivity contribution in [3.8, 4) is 0 Å². The Balaban J connectivity index is 3.99. The summed E-state index contributed by atoms with van der Waals surface area (Å²) in [6.45, 7) is 7.29. The van der Waals surface area contributed by atoms with Gasteiger partial charge in [0.1, 0.15) is 5.94 Å². The van der Waals surface area contributed by atoms with Crippen molar-refractivity contribution < 1.29 is 14.3 Å². The van der Waals surface area contributed by atoms with Gasteiger partial charge in [0, 0.05) is 17.6 Å². The number of carbonyl (C=O) groups is 1. The minimum Gasteiger partial charge on any atom is -0.462 e. The van der Waals surface area contributed by atoms with E-state index in [0.29, 0.717) is 5.57 Å². The van der Waals surface area contributed by atoms with Gasteiger partial charge >= 0.3 is 5.97 Å². The van der Waals surface area contributed by atoms with Crippen molar-refractivity contribution >= 4 is 11.9 Å². The van der Waals surface area contributed by atoms with Gasteiger partial charge in [-0.1, -0.05) is 19.9 Å². The highest BCUT2D eigenvalue weighted by Crippen LogP contribution is 2.08. The van der Waals surface area contributed by atoms with Crippen LogP contribution < -0.4 is 0 Å². The van der Waals surface area contributed by atoms with Gasteiger partial charge < -0.3 is 4.74 Å². The second-order valence-corrected chi connectivity index (χ2v) is 3.21. The second-order valence-electron chi connectivity index (χ2n) is 3.21. The van der Waals surface area contributed by atoms with Crippen LogP contribution in [0.1, 0.15) is 26.7 Å². The minimum absolute atomic E-state index is 0.0270. The lowest BCUT2D eigenvalue weighted by Crippen LogP contribution is -2.13. The van der Waals surface area contributed by atoms with Crippen LogP contribution in [0.3, 0.4) is 0 Å². The van der Waals surface area contributed by atoms with Crippen LogP contribution in [0.15, 0.2) is 18.2 Å². The van der Waals surface area contributed by atoms with Gasteiger partial charge in [0.15, 0.2) is 0 Å². The molecule has 0 bridgehead atoms. The molecule has 0 saturated heterocycles. The van der Waals surface area contributed by atoms with Crippen LogP contribution >= 0.6 is 0 Å². The summed E-state index contributed by atoms with van der Waals surface area (Å²) in [6.07, 6.45) is 3.15. The first kappa shape index (κ1) is 12.7. The zero-order valence-electron chi connectivity index (χ0n) is 8.71. The third-order valence-corrected chi connectivity index (χ3v) is 1.74. The van der Waals surface area contributed by atoms with E-state index in [4.69, 9.17) is 4.74 Å². The van der Waals surface area contributed by atoms with Crippen molar-refractivity contribution in [2.75, 3.05) is 6.61 Å². The number of esters is 1. The van der Waals surface area contributed by atoms with Gasteiger partial charge in [-0.2, -0.15) is 0 Å². The third-order valence-electron chi connectivity index (χ3n) is 1.74. The molecule has 14 heavy (non-hydrogen) atoms. The zero-order valence-corrected chi connectivity index (χ0v) is 8.71. The van der Waals surface area contributed by atoms with Gasteiger partial charge in [-0.05, 0) is 13.3 Å². The van der Waals surface area contributed by atoms with E-state index >= 15 is 0 Å². The molecule has 0 aromatic heterocycles. The second kappa shape index (κ2) is 7.10. The Kier molecular flexibility index (Phi) is 6.42. The summed E-state index contributed by atoms with van der Waals surface area (Å²) in [5.41, 5.74) is 0.371. The monoisotopic (exact) mass is 196 g/mol. The Morgan fingerprint density at radius 1 is 1.64 bits per heavy atom. The first-order valence-electron chi connectivity index (χ1n) is 4.65. The summed E-state index contributed by atoms with van der Waals surface area (Å²) >= 11 is 0. The van der Waals surface area contributed by atoms with Gasteiger partial charge in [0.25, 0.3) is 0 Å². The average Bonchev–Trinajstić information content (AvgIpc) is 2.14. The SMILES string of the molecule is C=C(C)C(=O)OCC(C=C=O)CCC. The molecular weight excluding hydrogens is 180 g/mol. The van der Waals surface area contributed by atoms with Crippen molar-refractivity contribution in [2.24, 2.45) is 5.92 Å². The molecule has 0 rings (SSSR count). The standard InChI is InChI=1S/C11H16O3/c1-4-5-10(6-7-12)8-14-11(13)9(2)3/h6,10H,2,4-5,8H2,1,3H3. The van der Waals surface area contributed by atoms with E-state index in [1.54, 1.807) is 12.9 Å². The summed E-state index contributed by atoms with van der Waals surface area (Å²) in [5, 5.41) is 0. The van der Waals surface area contributed by atoms with E-state index in [9.17, 15) is 9.59 Å². The molecular formula is C11H16O3. The largest absolute Gasteiger partial charge is 0.462 e. The molecule has 0 N–H and O–H groups in total. The Morgan fingerprint density at radius 3 is 2.71 bits per heavy atom. The van der Waals surface area contributed by atoms with Gasteiger partial charge in [0.05, 0.1) is 6.61 Å². The lowest BCUT2D eigenvalue weighted by molar-refractivity contribution is -0.139. The van der Waals surface area contributed by atoms with E-state index in [1.807, 2.05) is 6.92 Å². The van der Waals surface area contributed by atoms with Gasteiger partial charge in [-0.3, -0.25) is 0 Å². The summed E-state index contributed by atoms with van der Waals surface area (Å²) in [5.74, 6) is 1.28. The topological polar surface area (TPSA) is 43.4 Å². The third kappa shape index (κ3) is 5.33. The zero-order chi connectivity index (χ0) is 11.0. The first-order valence-corrected chi connectivity index (χ1v) is 4.65. The summed E-state index contributed by atoms with van der Waals surface area (Å²) in [7, 11) is 0. The molecule has 0 aliphatic rings. The molecule has 78 valence electrons. The van der Waals surface area contributed by atoms with Crippen molar-refractivity contribution in [1.82, 2.24) is 0 Å². The fourth-order valence-electron chi connectivity index (χ4n) is 0.988. The van der Waals surface area contributed by atoms with E-state index in [2.05, 4.69) is 6.58 Å². The number of rotatable bonds is 6. The number of ether oxygens (including phenoxy) is 1. The average molecular weight is 196 g/mol. The van der Waals surface area contributed by atoms with Crippen molar-refractivity contribution in [3.63, 3.8) is 0 Å². The Bertz CT molecular complexity index is 249. The Hall–Kier alpha value is -1.34. The first-order chi connectivity index (χ1) is 6.61. The van der Waals surface area contributed by atoms with Crippen LogP contribution in [0.2, 0.25) is 0 Å². The molecule has 0 aromatic carbocycles. The van der Waals surface area contributed by atoms with E-state index in [-0.39, 0.29) is 12.5 Å². The molecule has 0 spiro atoms. The lowest BCUT2D eigenvalue weighted by atomic mass is 10.1. The highest BCUT2D eigenvalue weighted by molar-refractivity contribution is 5.86. The van der Waals surface area contributed by atoms with Crippen LogP contribution in [0.4, 0.5) is 0 Å². The molecule has 0 amide bonds. The quantitative estimate of drug-likeness (QED) is 0.370. The number of hydrogen-bond acceptors (Lipinski definition) is 3. The molecule has 0 radical (unpaired) electrons. The van der Waals surface area contributed by atoms with Crippen molar-refractivity contribution in [1.29, 1.82) is 0 Å². The maximum Gasteiger partial charge on any atom is 0.333 e. The molecule has 0 fully saturated rings. The Morgan fingerprint density at radius 2 is 2.29 bits per heavy atom. The van der Waals surface area contributed by atoms with Gasteiger partial charge in [0.2, 0.25) is 0 Å². The minimum atomic E-state index is -0.412. The van der Waals surface area contributed by atoms with Crippen LogP contribution in [0.5, 0.6) is 0 Å². The molecule has 3 nitrogen and oxygen atoms in total. The molecule has 0 aliphatic heterocycles. The van der Waals surface area contributed by atoms with E-state index in [1.165, 1.54) is 6.08 Å².